The van der Waals surface area contributed by atoms with Gasteiger partial charge in [0.25, 0.3) is 0 Å². The van der Waals surface area contributed by atoms with E-state index in [4.69, 9.17) is 0 Å². The van der Waals surface area contributed by atoms with Crippen LogP contribution in [0.2, 0.25) is 0 Å². The van der Waals surface area contributed by atoms with Crippen molar-refractivity contribution in [1.29, 1.82) is 5.26 Å². The van der Waals surface area contributed by atoms with Gasteiger partial charge in [0.1, 0.15) is 5.78 Å². The van der Waals surface area contributed by atoms with Gasteiger partial charge in [-0.2, -0.15) is 5.26 Å². The minimum Gasteiger partial charge on any atom is -0.299 e. The molecule has 0 aromatic heterocycles. The molecule has 21 heavy (non-hydrogen) atoms. The number of allylic oxidation sites excluding steroid dienone is 2. The standard InChI is InChI=1S/C19H25NO/c1-19-9-8-16-15-6-4-14(21)10-12(15)2-5-17(16)18(19)7-3-13(19)11-20/h13,16-18H,2-10H2,1H3/t13?,16-,17-,18+,19-/m1/s1. The molecule has 0 spiro atoms. The lowest BCUT2D eigenvalue weighted by molar-refractivity contribution is -0.119. The highest BCUT2D eigenvalue weighted by Gasteiger charge is 2.55. The van der Waals surface area contributed by atoms with Crippen LogP contribution < -0.4 is 0 Å². The second-order valence-electron chi connectivity index (χ2n) is 8.06. The van der Waals surface area contributed by atoms with E-state index in [1.54, 1.807) is 5.57 Å². The molecular formula is C19H25NO. The van der Waals surface area contributed by atoms with Gasteiger partial charge in [-0.05, 0) is 68.1 Å². The molecule has 0 aromatic rings. The molecule has 0 saturated heterocycles. The van der Waals surface area contributed by atoms with E-state index in [2.05, 4.69) is 13.0 Å². The number of fused-ring (bicyclic) bond motifs is 4. The van der Waals surface area contributed by atoms with Gasteiger partial charge in [-0.25, -0.2) is 0 Å². The molecule has 5 atom stereocenters. The van der Waals surface area contributed by atoms with Crippen molar-refractivity contribution >= 4 is 5.78 Å². The number of carbonyl (C=O) groups is 1. The Bertz CT molecular complexity index is 554. The summed E-state index contributed by atoms with van der Waals surface area (Å²) in [6.45, 7) is 2.39. The van der Waals surface area contributed by atoms with Crippen molar-refractivity contribution in [1.82, 2.24) is 0 Å². The Hall–Kier alpha value is -1.10. The van der Waals surface area contributed by atoms with Crippen LogP contribution in [0.5, 0.6) is 0 Å². The number of hydrogen-bond donors (Lipinski definition) is 0. The van der Waals surface area contributed by atoms with Crippen molar-refractivity contribution < 1.29 is 4.79 Å². The summed E-state index contributed by atoms with van der Waals surface area (Å²) in [7, 11) is 0. The summed E-state index contributed by atoms with van der Waals surface area (Å²) in [5, 5.41) is 9.49. The molecular weight excluding hydrogens is 258 g/mol. The molecule has 0 aliphatic heterocycles. The Morgan fingerprint density at radius 3 is 2.81 bits per heavy atom. The fraction of sp³-hybridized carbons (Fsp3) is 0.789. The Balaban J connectivity index is 1.65. The maximum atomic E-state index is 11.7. The largest absolute Gasteiger partial charge is 0.299 e. The predicted octanol–water partition coefficient (Wildman–Crippen LogP) is 4.41. The lowest BCUT2D eigenvalue weighted by Gasteiger charge is -2.51. The van der Waals surface area contributed by atoms with E-state index in [0.717, 1.165) is 49.9 Å². The van der Waals surface area contributed by atoms with Gasteiger partial charge in [0, 0.05) is 12.8 Å². The van der Waals surface area contributed by atoms with E-state index < -0.39 is 0 Å². The van der Waals surface area contributed by atoms with Gasteiger partial charge >= 0.3 is 0 Å². The monoisotopic (exact) mass is 283 g/mol. The Kier molecular flexibility index (Phi) is 3.03. The number of hydrogen-bond acceptors (Lipinski definition) is 2. The lowest BCUT2D eigenvalue weighted by atomic mass is 9.53. The molecule has 0 radical (unpaired) electrons. The fourth-order valence-electron chi connectivity index (χ4n) is 6.26. The molecule has 0 aromatic carbocycles. The third-order valence-corrected chi connectivity index (χ3v) is 7.36. The van der Waals surface area contributed by atoms with Crippen LogP contribution in [-0.2, 0) is 4.79 Å². The number of Topliss-reactive ketones (excluding diaryl/α,β-unsaturated/α-hetero) is 1. The zero-order valence-corrected chi connectivity index (χ0v) is 13.0. The van der Waals surface area contributed by atoms with E-state index in [1.807, 2.05) is 0 Å². The summed E-state index contributed by atoms with van der Waals surface area (Å²) >= 11 is 0. The van der Waals surface area contributed by atoms with Gasteiger partial charge in [-0.15, -0.1) is 0 Å². The van der Waals surface area contributed by atoms with Crippen molar-refractivity contribution in [3.8, 4) is 6.07 Å². The molecule has 2 nitrogen and oxygen atoms in total. The Morgan fingerprint density at radius 1 is 1.14 bits per heavy atom. The van der Waals surface area contributed by atoms with Crippen LogP contribution >= 0.6 is 0 Å². The predicted molar refractivity (Wildman–Crippen MR) is 81.3 cm³/mol. The average Bonchev–Trinajstić information content (AvgIpc) is 2.83. The maximum absolute atomic E-state index is 11.7. The second-order valence-corrected chi connectivity index (χ2v) is 8.06. The molecule has 4 aliphatic carbocycles. The van der Waals surface area contributed by atoms with Crippen molar-refractivity contribution in [2.24, 2.45) is 29.1 Å². The molecule has 2 fully saturated rings. The molecule has 0 N–H and O–H groups in total. The van der Waals surface area contributed by atoms with Gasteiger partial charge < -0.3 is 0 Å². The molecule has 2 heteroatoms. The Morgan fingerprint density at radius 2 is 2.00 bits per heavy atom. The smallest absolute Gasteiger partial charge is 0.137 e. The first kappa shape index (κ1) is 13.6. The molecule has 0 bridgehead atoms. The minimum absolute atomic E-state index is 0.276. The first-order chi connectivity index (χ1) is 10.1. The highest BCUT2D eigenvalue weighted by atomic mass is 16.1. The van der Waals surface area contributed by atoms with E-state index in [1.165, 1.54) is 31.3 Å². The van der Waals surface area contributed by atoms with E-state index in [-0.39, 0.29) is 11.3 Å². The second kappa shape index (κ2) is 4.70. The van der Waals surface area contributed by atoms with Crippen molar-refractivity contribution in [3.63, 3.8) is 0 Å². The molecule has 2 saturated carbocycles. The number of ketones is 1. The normalized spacial score (nSPS) is 45.6. The summed E-state index contributed by atoms with van der Waals surface area (Å²) in [6, 6.07) is 2.60. The van der Waals surface area contributed by atoms with Gasteiger partial charge in [0.2, 0.25) is 0 Å². The molecule has 0 amide bonds. The molecule has 4 rings (SSSR count). The molecule has 4 aliphatic rings. The van der Waals surface area contributed by atoms with E-state index in [0.29, 0.717) is 5.78 Å². The lowest BCUT2D eigenvalue weighted by Crippen LogP contribution is -2.43. The molecule has 112 valence electrons. The van der Waals surface area contributed by atoms with Crippen molar-refractivity contribution in [3.05, 3.63) is 11.1 Å². The van der Waals surface area contributed by atoms with Crippen molar-refractivity contribution in [2.75, 3.05) is 0 Å². The zero-order chi connectivity index (χ0) is 14.6. The van der Waals surface area contributed by atoms with Crippen LogP contribution in [0.25, 0.3) is 0 Å². The SMILES string of the molecule is C[C@]12CC[C@@H]3C4=C(CC[C@H]3[C@@H]1CCC2C#N)CC(=O)CC4. The highest BCUT2D eigenvalue weighted by Crippen LogP contribution is 2.62. The summed E-state index contributed by atoms with van der Waals surface area (Å²) in [6.07, 6.45) is 9.88. The van der Waals surface area contributed by atoms with E-state index >= 15 is 0 Å². The molecule has 1 unspecified atom stereocenters. The third kappa shape index (κ3) is 1.86. The van der Waals surface area contributed by atoms with Gasteiger partial charge in [0.15, 0.2) is 0 Å². The minimum atomic E-state index is 0.276. The quantitative estimate of drug-likeness (QED) is 0.618. The number of rotatable bonds is 0. The number of carbonyl (C=O) groups excluding carboxylic acids is 1. The third-order valence-electron chi connectivity index (χ3n) is 7.36. The molecule has 0 heterocycles. The van der Waals surface area contributed by atoms with Crippen LogP contribution in [-0.4, -0.2) is 5.78 Å². The van der Waals surface area contributed by atoms with Crippen LogP contribution in [0, 0.1) is 40.4 Å². The highest BCUT2D eigenvalue weighted by molar-refractivity contribution is 5.82. The maximum Gasteiger partial charge on any atom is 0.137 e. The summed E-state index contributed by atoms with van der Waals surface area (Å²) in [5.41, 5.74) is 3.46. The zero-order valence-electron chi connectivity index (χ0n) is 13.0. The summed E-state index contributed by atoms with van der Waals surface area (Å²) in [4.78, 5) is 11.7. The summed E-state index contributed by atoms with van der Waals surface area (Å²) in [5.74, 6) is 3.05. The first-order valence-corrected chi connectivity index (χ1v) is 8.75. The number of nitriles is 1. The van der Waals surface area contributed by atoms with Crippen molar-refractivity contribution in [2.45, 2.75) is 64.7 Å². The average molecular weight is 283 g/mol. The summed E-state index contributed by atoms with van der Waals surface area (Å²) < 4.78 is 0. The number of nitrogens with zero attached hydrogens (tertiary/aromatic N) is 1. The topological polar surface area (TPSA) is 40.9 Å². The van der Waals surface area contributed by atoms with Crippen LogP contribution in [0.3, 0.4) is 0 Å². The van der Waals surface area contributed by atoms with Gasteiger partial charge in [-0.1, -0.05) is 18.1 Å². The van der Waals surface area contributed by atoms with E-state index in [9.17, 15) is 10.1 Å². The van der Waals surface area contributed by atoms with Crippen LogP contribution in [0.1, 0.15) is 64.7 Å². The van der Waals surface area contributed by atoms with Gasteiger partial charge in [-0.3, -0.25) is 4.79 Å². The first-order valence-electron chi connectivity index (χ1n) is 8.75. The Labute approximate surface area is 127 Å². The van der Waals surface area contributed by atoms with Crippen LogP contribution in [0.15, 0.2) is 11.1 Å². The fourth-order valence-corrected chi connectivity index (χ4v) is 6.26. The van der Waals surface area contributed by atoms with Gasteiger partial charge in [0.05, 0.1) is 12.0 Å². The van der Waals surface area contributed by atoms with Crippen LogP contribution in [0.4, 0.5) is 0 Å².